The quantitative estimate of drug-likeness (QED) is 0.558. The van der Waals surface area contributed by atoms with Gasteiger partial charge < -0.3 is 9.84 Å². The van der Waals surface area contributed by atoms with Crippen LogP contribution in [0.1, 0.15) is 51.9 Å². The van der Waals surface area contributed by atoms with Crippen molar-refractivity contribution in [1.82, 2.24) is 0 Å². The molecule has 1 N–H and O–H groups in total. The number of allylic oxidation sites excluding steroid dienone is 2. The number of hydrogen-bond acceptors (Lipinski definition) is 3. The van der Waals surface area contributed by atoms with Crippen LogP contribution in [0, 0.1) is 5.92 Å². The molecule has 0 fully saturated rings. The molecule has 0 aliphatic heterocycles. The summed E-state index contributed by atoms with van der Waals surface area (Å²) in [5.74, 6) is 0.557. The highest BCUT2D eigenvalue weighted by molar-refractivity contribution is 5.70. The zero-order chi connectivity index (χ0) is 12.0. The average molecular weight is 226 g/mol. The van der Waals surface area contributed by atoms with E-state index in [1.165, 1.54) is 20.0 Å². The van der Waals surface area contributed by atoms with E-state index in [4.69, 9.17) is 0 Å². The third-order valence-corrected chi connectivity index (χ3v) is 3.28. The van der Waals surface area contributed by atoms with E-state index >= 15 is 0 Å². The summed E-state index contributed by atoms with van der Waals surface area (Å²) in [4.78, 5) is 11.2. The lowest BCUT2D eigenvalue weighted by Crippen LogP contribution is -2.10. The second-order valence-corrected chi connectivity index (χ2v) is 4.44. The first-order valence-corrected chi connectivity index (χ1v) is 6.16. The zero-order valence-electron chi connectivity index (χ0n) is 10.3. The molecule has 0 aromatic rings. The van der Waals surface area contributed by atoms with Gasteiger partial charge in [0.15, 0.2) is 0 Å². The van der Waals surface area contributed by atoms with E-state index in [0.29, 0.717) is 12.2 Å². The molecule has 0 amide bonds. The summed E-state index contributed by atoms with van der Waals surface area (Å²) in [6.07, 6.45) is 6.43. The highest BCUT2D eigenvalue weighted by Crippen LogP contribution is 2.36. The van der Waals surface area contributed by atoms with Gasteiger partial charge in [-0.15, -0.1) is 0 Å². The Morgan fingerprint density at radius 1 is 1.50 bits per heavy atom. The fraction of sp³-hybridized carbons (Fsp3) is 0.769. The molecule has 0 aromatic carbocycles. The fourth-order valence-corrected chi connectivity index (χ4v) is 2.31. The van der Waals surface area contributed by atoms with Crippen molar-refractivity contribution in [2.45, 2.75) is 51.9 Å². The van der Waals surface area contributed by atoms with Gasteiger partial charge in [0.2, 0.25) is 0 Å². The van der Waals surface area contributed by atoms with Crippen molar-refractivity contribution < 1.29 is 14.6 Å². The first-order valence-electron chi connectivity index (χ1n) is 6.16. The monoisotopic (exact) mass is 226 g/mol. The van der Waals surface area contributed by atoms with Crippen molar-refractivity contribution in [3.05, 3.63) is 11.3 Å². The van der Waals surface area contributed by atoms with Crippen LogP contribution in [0.15, 0.2) is 11.3 Å². The SMILES string of the molecule is CCCCCC1=C(O)CCC1CC(=O)OC. The minimum Gasteiger partial charge on any atom is -0.512 e. The third-order valence-electron chi connectivity index (χ3n) is 3.28. The number of unbranched alkanes of at least 4 members (excludes halogenated alkanes) is 2. The molecule has 1 aliphatic rings. The molecule has 16 heavy (non-hydrogen) atoms. The Hall–Kier alpha value is -0.990. The van der Waals surface area contributed by atoms with E-state index < -0.39 is 0 Å². The molecular formula is C13H22O3. The van der Waals surface area contributed by atoms with Crippen molar-refractivity contribution in [2.75, 3.05) is 7.11 Å². The van der Waals surface area contributed by atoms with Gasteiger partial charge in [-0.1, -0.05) is 19.8 Å². The molecule has 0 bridgehead atoms. The summed E-state index contributed by atoms with van der Waals surface area (Å²) < 4.78 is 4.68. The van der Waals surface area contributed by atoms with Crippen molar-refractivity contribution in [2.24, 2.45) is 5.92 Å². The Morgan fingerprint density at radius 2 is 2.25 bits per heavy atom. The van der Waals surface area contributed by atoms with Gasteiger partial charge in [-0.3, -0.25) is 4.79 Å². The molecule has 3 heteroatoms. The molecule has 0 heterocycles. The Balaban J connectivity index is 2.48. The molecule has 0 aromatic heterocycles. The van der Waals surface area contributed by atoms with Crippen LogP contribution in [0.2, 0.25) is 0 Å². The standard InChI is InChI=1S/C13H22O3/c1-3-4-5-6-11-10(7-8-12(11)14)9-13(15)16-2/h10,14H,3-9H2,1-2H3. The molecular weight excluding hydrogens is 204 g/mol. The number of methoxy groups -OCH3 is 1. The van der Waals surface area contributed by atoms with Gasteiger partial charge in [0.25, 0.3) is 0 Å². The summed E-state index contributed by atoms with van der Waals surface area (Å²) in [7, 11) is 1.41. The Kier molecular flexibility index (Phi) is 5.36. The van der Waals surface area contributed by atoms with Gasteiger partial charge in [-0.05, 0) is 30.8 Å². The average Bonchev–Trinajstić information content (AvgIpc) is 2.61. The highest BCUT2D eigenvalue weighted by atomic mass is 16.5. The highest BCUT2D eigenvalue weighted by Gasteiger charge is 2.27. The Morgan fingerprint density at radius 3 is 2.88 bits per heavy atom. The maximum atomic E-state index is 11.2. The van der Waals surface area contributed by atoms with Crippen LogP contribution in [0.3, 0.4) is 0 Å². The lowest BCUT2D eigenvalue weighted by atomic mass is 9.93. The van der Waals surface area contributed by atoms with Gasteiger partial charge in [0.1, 0.15) is 0 Å². The minimum atomic E-state index is -0.173. The fourth-order valence-electron chi connectivity index (χ4n) is 2.31. The zero-order valence-corrected chi connectivity index (χ0v) is 10.3. The number of ether oxygens (including phenoxy) is 1. The van der Waals surface area contributed by atoms with E-state index in [0.717, 1.165) is 31.3 Å². The maximum absolute atomic E-state index is 11.2. The van der Waals surface area contributed by atoms with Crippen LogP contribution in [-0.2, 0) is 9.53 Å². The van der Waals surface area contributed by atoms with Crippen LogP contribution in [-0.4, -0.2) is 18.2 Å². The molecule has 0 saturated carbocycles. The van der Waals surface area contributed by atoms with E-state index in [1.54, 1.807) is 0 Å². The van der Waals surface area contributed by atoms with E-state index in [2.05, 4.69) is 11.7 Å². The van der Waals surface area contributed by atoms with Gasteiger partial charge in [0.05, 0.1) is 19.3 Å². The molecule has 1 aliphatic carbocycles. The van der Waals surface area contributed by atoms with Gasteiger partial charge in [-0.2, -0.15) is 0 Å². The van der Waals surface area contributed by atoms with Crippen molar-refractivity contribution >= 4 is 5.97 Å². The number of aliphatic hydroxyl groups is 1. The van der Waals surface area contributed by atoms with Gasteiger partial charge in [-0.25, -0.2) is 0 Å². The molecule has 92 valence electrons. The maximum Gasteiger partial charge on any atom is 0.306 e. The predicted octanol–water partition coefficient (Wildman–Crippen LogP) is 3.35. The van der Waals surface area contributed by atoms with Crippen LogP contribution >= 0.6 is 0 Å². The van der Waals surface area contributed by atoms with E-state index in [9.17, 15) is 9.90 Å². The number of esters is 1. The Bertz CT molecular complexity index is 268. The van der Waals surface area contributed by atoms with Crippen molar-refractivity contribution in [1.29, 1.82) is 0 Å². The normalized spacial score (nSPS) is 20.2. The Labute approximate surface area is 97.5 Å². The summed E-state index contributed by atoms with van der Waals surface area (Å²) in [6.45, 7) is 2.16. The topological polar surface area (TPSA) is 46.5 Å². The molecule has 0 saturated heterocycles. The number of hydrogen-bond donors (Lipinski definition) is 1. The van der Waals surface area contributed by atoms with Crippen LogP contribution in [0.5, 0.6) is 0 Å². The summed E-state index contributed by atoms with van der Waals surface area (Å²) >= 11 is 0. The predicted molar refractivity (Wildman–Crippen MR) is 63.2 cm³/mol. The molecule has 3 nitrogen and oxygen atoms in total. The molecule has 1 rings (SSSR count). The van der Waals surface area contributed by atoms with Crippen LogP contribution in [0.25, 0.3) is 0 Å². The number of aliphatic hydroxyl groups excluding tert-OH is 1. The first-order chi connectivity index (χ1) is 7.69. The number of rotatable bonds is 6. The smallest absolute Gasteiger partial charge is 0.306 e. The second-order valence-electron chi connectivity index (χ2n) is 4.44. The number of carbonyl (C=O) groups excluding carboxylic acids is 1. The molecule has 1 atom stereocenters. The molecule has 1 unspecified atom stereocenters. The summed E-state index contributed by atoms with van der Waals surface area (Å²) in [6, 6.07) is 0. The third kappa shape index (κ3) is 3.54. The summed E-state index contributed by atoms with van der Waals surface area (Å²) in [5.41, 5.74) is 1.10. The van der Waals surface area contributed by atoms with Crippen molar-refractivity contribution in [3.8, 4) is 0 Å². The van der Waals surface area contributed by atoms with Gasteiger partial charge in [0, 0.05) is 6.42 Å². The largest absolute Gasteiger partial charge is 0.512 e. The lowest BCUT2D eigenvalue weighted by Gasteiger charge is -2.13. The minimum absolute atomic E-state index is 0.173. The molecule has 0 spiro atoms. The second kappa shape index (κ2) is 6.56. The summed E-state index contributed by atoms with van der Waals surface area (Å²) in [5, 5.41) is 9.77. The first kappa shape index (κ1) is 13.1. The molecule has 0 radical (unpaired) electrons. The lowest BCUT2D eigenvalue weighted by molar-refractivity contribution is -0.141. The van der Waals surface area contributed by atoms with Gasteiger partial charge >= 0.3 is 5.97 Å². The van der Waals surface area contributed by atoms with E-state index in [-0.39, 0.29) is 11.9 Å². The van der Waals surface area contributed by atoms with E-state index in [1.807, 2.05) is 0 Å². The van der Waals surface area contributed by atoms with Crippen LogP contribution < -0.4 is 0 Å². The van der Waals surface area contributed by atoms with Crippen LogP contribution in [0.4, 0.5) is 0 Å². The number of carbonyl (C=O) groups is 1. The van der Waals surface area contributed by atoms with Crippen molar-refractivity contribution in [3.63, 3.8) is 0 Å².